The molecule has 1 aliphatic carbocycles. The molecule has 2 aromatic carbocycles. The van der Waals surface area contributed by atoms with E-state index < -0.39 is 28.5 Å². The molecule has 1 atom stereocenters. The fourth-order valence-corrected chi connectivity index (χ4v) is 3.84. The molecule has 1 aromatic heterocycles. The van der Waals surface area contributed by atoms with Gasteiger partial charge in [-0.25, -0.2) is 13.0 Å². The van der Waals surface area contributed by atoms with Gasteiger partial charge in [0, 0.05) is 12.1 Å². The number of carbonyl (C=O) groups excluding carboxylic acids is 1. The molecule has 1 saturated carbocycles. The summed E-state index contributed by atoms with van der Waals surface area (Å²) in [4.78, 5) is 12.6. The normalized spacial score (nSPS) is 14.8. The summed E-state index contributed by atoms with van der Waals surface area (Å²) in [5, 5.41) is 0.192. The molecule has 1 fully saturated rings. The van der Waals surface area contributed by atoms with Gasteiger partial charge in [-0.05, 0) is 55.5 Å². The van der Waals surface area contributed by atoms with Gasteiger partial charge in [0.25, 0.3) is 5.91 Å². The fourth-order valence-electron chi connectivity index (χ4n) is 2.97. The van der Waals surface area contributed by atoms with Crippen LogP contribution >= 0.6 is 0 Å². The molecular weight excluding hydrogens is 388 g/mol. The van der Waals surface area contributed by atoms with Gasteiger partial charge < -0.3 is 9.15 Å². The summed E-state index contributed by atoms with van der Waals surface area (Å²) in [5.41, 5.74) is 1.12. The number of carbonyl (C=O) groups is 1. The van der Waals surface area contributed by atoms with Gasteiger partial charge in [0.2, 0.25) is 0 Å². The van der Waals surface area contributed by atoms with E-state index in [4.69, 9.17) is 9.15 Å². The maximum Gasteiger partial charge on any atom is 0.298 e. The van der Waals surface area contributed by atoms with Gasteiger partial charge in [-0.1, -0.05) is 0 Å². The molecule has 1 heterocycles. The molecule has 0 aliphatic heterocycles. The van der Waals surface area contributed by atoms with Crippen LogP contribution in [-0.2, 0) is 11.0 Å². The first-order valence-electron chi connectivity index (χ1n) is 8.84. The van der Waals surface area contributed by atoms with E-state index in [0.717, 1.165) is 30.5 Å². The van der Waals surface area contributed by atoms with Gasteiger partial charge >= 0.3 is 0 Å². The van der Waals surface area contributed by atoms with E-state index >= 15 is 0 Å². The Bertz CT molecular complexity index is 1090. The second kappa shape index (κ2) is 7.35. The lowest BCUT2D eigenvalue weighted by atomic mass is 10.1. The smallest absolute Gasteiger partial charge is 0.298 e. The van der Waals surface area contributed by atoms with Crippen molar-refractivity contribution in [2.45, 2.75) is 30.6 Å². The van der Waals surface area contributed by atoms with Crippen molar-refractivity contribution in [1.29, 1.82) is 0 Å². The predicted octanol–water partition coefficient (Wildman–Crippen LogP) is 4.44. The Kier molecular flexibility index (Phi) is 4.89. The van der Waals surface area contributed by atoms with Crippen molar-refractivity contribution in [3.63, 3.8) is 0 Å². The second-order valence-electron chi connectivity index (χ2n) is 6.52. The van der Waals surface area contributed by atoms with Crippen LogP contribution in [-0.4, -0.2) is 16.7 Å². The number of fused-ring (bicyclic) bond motifs is 1. The molecule has 146 valence electrons. The van der Waals surface area contributed by atoms with E-state index in [-0.39, 0.29) is 34.0 Å². The lowest BCUT2D eigenvalue weighted by molar-refractivity contribution is 0.0958. The largest absolute Gasteiger partial charge is 0.492 e. The average molecular weight is 405 g/mol. The van der Waals surface area contributed by atoms with Crippen molar-refractivity contribution in [2.75, 3.05) is 6.61 Å². The van der Waals surface area contributed by atoms with Gasteiger partial charge in [0.05, 0.1) is 12.0 Å². The minimum Gasteiger partial charge on any atom is -0.492 e. The lowest BCUT2D eigenvalue weighted by Crippen LogP contribution is -2.25. The highest BCUT2D eigenvalue weighted by Crippen LogP contribution is 2.41. The van der Waals surface area contributed by atoms with Crippen molar-refractivity contribution in [1.82, 2.24) is 4.72 Å². The van der Waals surface area contributed by atoms with Crippen LogP contribution in [0.25, 0.3) is 11.0 Å². The van der Waals surface area contributed by atoms with E-state index in [1.165, 1.54) is 18.2 Å². The second-order valence-corrected chi connectivity index (χ2v) is 7.70. The topological polar surface area (TPSA) is 68.5 Å². The van der Waals surface area contributed by atoms with E-state index in [2.05, 4.69) is 4.72 Å². The molecule has 28 heavy (non-hydrogen) atoms. The zero-order valence-corrected chi connectivity index (χ0v) is 15.8. The quantitative estimate of drug-likeness (QED) is 0.658. The maximum atomic E-state index is 14.3. The number of hydrogen-bond acceptors (Lipinski definition) is 4. The van der Waals surface area contributed by atoms with E-state index in [1.807, 2.05) is 0 Å². The van der Waals surface area contributed by atoms with Crippen LogP contribution in [0.5, 0.6) is 5.75 Å². The number of nitrogens with one attached hydrogen (secondary N) is 1. The number of rotatable bonds is 6. The van der Waals surface area contributed by atoms with Crippen LogP contribution < -0.4 is 9.46 Å². The highest BCUT2D eigenvalue weighted by atomic mass is 32.2. The summed E-state index contributed by atoms with van der Waals surface area (Å²) in [7, 11) is -2.01. The minimum absolute atomic E-state index is 0.0749. The Morgan fingerprint density at radius 3 is 2.75 bits per heavy atom. The molecule has 8 heteroatoms. The summed E-state index contributed by atoms with van der Waals surface area (Å²) in [6, 6.07) is 7.97. The van der Waals surface area contributed by atoms with Crippen LogP contribution in [0.1, 0.15) is 41.8 Å². The molecule has 3 aromatic rings. The molecule has 5 nitrogen and oxygen atoms in total. The standard InChI is InChI=1S/C20H17F2NO4S/c1-2-26-17-9-13(21)5-6-19(17)28(25)23-20(24)18-10-14-15(22)7-12(11-3-4-11)8-16(14)27-18/h5-11H,2-4H2,1H3,(H,23,24). The first-order valence-corrected chi connectivity index (χ1v) is 9.99. The summed E-state index contributed by atoms with van der Waals surface area (Å²) < 4.78 is 53.3. The summed E-state index contributed by atoms with van der Waals surface area (Å²) >= 11 is 0. The Balaban J connectivity index is 1.58. The Morgan fingerprint density at radius 1 is 1.25 bits per heavy atom. The average Bonchev–Trinajstić information content (AvgIpc) is 3.41. The van der Waals surface area contributed by atoms with Crippen molar-refractivity contribution in [3.05, 3.63) is 59.4 Å². The van der Waals surface area contributed by atoms with Crippen molar-refractivity contribution >= 4 is 27.9 Å². The fraction of sp³-hybridized carbons (Fsp3) is 0.250. The van der Waals surface area contributed by atoms with Crippen LogP contribution in [0, 0.1) is 11.6 Å². The molecule has 1 amide bonds. The number of halogens is 2. The third-order valence-corrected chi connectivity index (χ3v) is 5.58. The first-order chi connectivity index (χ1) is 13.5. The third-order valence-electron chi connectivity index (χ3n) is 4.47. The van der Waals surface area contributed by atoms with Crippen LogP contribution in [0.15, 0.2) is 45.7 Å². The van der Waals surface area contributed by atoms with Gasteiger partial charge in [0.15, 0.2) is 16.7 Å². The van der Waals surface area contributed by atoms with Crippen molar-refractivity contribution in [3.8, 4) is 5.75 Å². The maximum absolute atomic E-state index is 14.3. The van der Waals surface area contributed by atoms with Crippen molar-refractivity contribution in [2.24, 2.45) is 0 Å². The number of benzene rings is 2. The molecule has 1 N–H and O–H groups in total. The van der Waals surface area contributed by atoms with Crippen LogP contribution in [0.2, 0.25) is 0 Å². The molecule has 0 saturated heterocycles. The Hall–Kier alpha value is -2.74. The molecule has 0 bridgehead atoms. The van der Waals surface area contributed by atoms with Crippen LogP contribution in [0.4, 0.5) is 8.78 Å². The van der Waals surface area contributed by atoms with Gasteiger partial charge in [-0.15, -0.1) is 0 Å². The number of amides is 1. The first kappa shape index (κ1) is 18.6. The van der Waals surface area contributed by atoms with Gasteiger partial charge in [-0.2, -0.15) is 0 Å². The summed E-state index contributed by atoms with van der Waals surface area (Å²) in [6.45, 7) is 1.95. The molecule has 4 rings (SSSR count). The highest BCUT2D eigenvalue weighted by molar-refractivity contribution is 7.83. The highest BCUT2D eigenvalue weighted by Gasteiger charge is 2.26. The van der Waals surface area contributed by atoms with E-state index in [0.29, 0.717) is 5.92 Å². The molecule has 1 unspecified atom stereocenters. The van der Waals surface area contributed by atoms with Gasteiger partial charge in [0.1, 0.15) is 27.9 Å². The van der Waals surface area contributed by atoms with Crippen LogP contribution in [0.3, 0.4) is 0 Å². The lowest BCUT2D eigenvalue weighted by Gasteiger charge is -2.10. The number of ether oxygens (including phenoxy) is 1. The zero-order valence-electron chi connectivity index (χ0n) is 15.0. The van der Waals surface area contributed by atoms with Crippen molar-refractivity contribution < 1.29 is 26.9 Å². The minimum atomic E-state index is -2.01. The molecule has 0 radical (unpaired) electrons. The zero-order chi connectivity index (χ0) is 19.8. The SMILES string of the molecule is CCOc1cc(F)ccc1S(=O)NC(=O)c1cc2c(F)cc(C3CC3)cc2o1. The third kappa shape index (κ3) is 3.64. The molecular formula is C20H17F2NO4S. The Labute approximate surface area is 162 Å². The number of furan rings is 1. The summed E-state index contributed by atoms with van der Waals surface area (Å²) in [6.07, 6.45) is 2.02. The Morgan fingerprint density at radius 2 is 2.04 bits per heavy atom. The predicted molar refractivity (Wildman–Crippen MR) is 99.6 cm³/mol. The molecule has 0 spiro atoms. The summed E-state index contributed by atoms with van der Waals surface area (Å²) in [5.74, 6) is -1.52. The van der Waals surface area contributed by atoms with Gasteiger partial charge in [-0.3, -0.25) is 9.52 Å². The monoisotopic (exact) mass is 405 g/mol. The van der Waals surface area contributed by atoms with E-state index in [1.54, 1.807) is 13.0 Å². The molecule has 1 aliphatic rings. The van der Waals surface area contributed by atoms with E-state index in [9.17, 15) is 17.8 Å². The number of hydrogen-bond donors (Lipinski definition) is 1.